The molecule has 7 rings (SSSR count). The Morgan fingerprint density at radius 3 is 2.20 bits per heavy atom. The highest BCUT2D eigenvalue weighted by Crippen LogP contribution is 2.66. The average molecular weight is 620 g/mol. The fourth-order valence-corrected chi connectivity index (χ4v) is 8.81. The maximum atomic E-state index is 15.3. The Balaban J connectivity index is 1.53. The number of phenolic OH excluding ortho intramolecular Hbond substituents is 1. The van der Waals surface area contributed by atoms with E-state index in [0.29, 0.717) is 34.9 Å². The molecule has 228 valence electrons. The number of anilines is 1. The predicted octanol–water partition coefficient (Wildman–Crippen LogP) is 6.86. The highest BCUT2D eigenvalue weighted by Gasteiger charge is 2.68. The van der Waals surface area contributed by atoms with Crippen LogP contribution in [0.2, 0.25) is 0 Å². The number of nitrogens with zero attached hydrogens (tertiary/aromatic N) is 1. The molecule has 0 radical (unpaired) electrons. The Labute approximate surface area is 263 Å². The van der Waals surface area contributed by atoms with E-state index in [4.69, 9.17) is 9.47 Å². The minimum Gasteiger partial charge on any atom is -0.508 e. The van der Waals surface area contributed by atoms with Gasteiger partial charge in [0.2, 0.25) is 0 Å². The monoisotopic (exact) mass is 619 g/mol. The van der Waals surface area contributed by atoms with Crippen molar-refractivity contribution in [1.82, 2.24) is 0 Å². The van der Waals surface area contributed by atoms with Crippen LogP contribution >= 0.6 is 0 Å². The molecule has 45 heavy (non-hydrogen) atoms. The first kappa shape index (κ1) is 28.9. The number of allylic oxidation sites excluding steroid dienone is 1. The summed E-state index contributed by atoms with van der Waals surface area (Å²) >= 11 is 0. The van der Waals surface area contributed by atoms with Gasteiger partial charge in [-0.2, -0.15) is 0 Å². The zero-order chi connectivity index (χ0) is 31.7. The number of para-hydroxylation sites is 1. The number of hydrogen-bond donors (Lipinski definition) is 1. The molecule has 3 aliphatic rings. The van der Waals surface area contributed by atoms with Gasteiger partial charge in [0, 0.05) is 17.1 Å². The van der Waals surface area contributed by atoms with Gasteiger partial charge in [0.25, 0.3) is 15.9 Å². The third-order valence-electron chi connectivity index (χ3n) is 9.70. The van der Waals surface area contributed by atoms with Crippen molar-refractivity contribution in [3.63, 3.8) is 0 Å². The summed E-state index contributed by atoms with van der Waals surface area (Å²) in [6.07, 6.45) is 2.02. The Bertz CT molecular complexity index is 2010. The van der Waals surface area contributed by atoms with Gasteiger partial charge in [0.1, 0.15) is 22.7 Å². The molecule has 1 aliphatic carbocycles. The summed E-state index contributed by atoms with van der Waals surface area (Å²) in [5, 5.41) is 9.93. The number of hydrogen-bond acceptors (Lipinski definition) is 6. The summed E-state index contributed by atoms with van der Waals surface area (Å²) in [5.41, 5.74) is 2.86. The van der Waals surface area contributed by atoms with Crippen LogP contribution in [0.5, 0.6) is 11.5 Å². The summed E-state index contributed by atoms with van der Waals surface area (Å²) in [6.45, 7) is 6.27. The number of sulfonamides is 1. The minimum atomic E-state index is -4.27. The Morgan fingerprint density at radius 1 is 0.889 bits per heavy atom. The SMILES string of the molecule is COc1ccc(C2=CC3=C(c4ccc(O)cc4)OC[C@@H]3C(C)(C)[C@]23C(=O)N(S(=O)(=O)c2ccc(C)cc2)c2ccccc23)cc1. The summed E-state index contributed by atoms with van der Waals surface area (Å²) in [4.78, 5) is 15.4. The Kier molecular flexibility index (Phi) is 6.49. The van der Waals surface area contributed by atoms with Crippen LogP contribution in [0.15, 0.2) is 114 Å². The fourth-order valence-electron chi connectivity index (χ4n) is 7.35. The third kappa shape index (κ3) is 4.01. The highest BCUT2D eigenvalue weighted by molar-refractivity contribution is 7.93. The van der Waals surface area contributed by atoms with Gasteiger partial charge in [-0.05, 0) is 89.7 Å². The molecular weight excluding hydrogens is 586 g/mol. The van der Waals surface area contributed by atoms with Crippen molar-refractivity contribution >= 4 is 33.0 Å². The Hall–Kier alpha value is -4.82. The fraction of sp³-hybridized carbons (Fsp3) is 0.216. The van der Waals surface area contributed by atoms with Crippen molar-refractivity contribution in [1.29, 1.82) is 0 Å². The molecule has 0 unspecified atom stereocenters. The van der Waals surface area contributed by atoms with E-state index in [1.807, 2.05) is 75.4 Å². The van der Waals surface area contributed by atoms with Gasteiger partial charge in [-0.1, -0.05) is 61.9 Å². The summed E-state index contributed by atoms with van der Waals surface area (Å²) in [6, 6.07) is 28.1. The summed E-state index contributed by atoms with van der Waals surface area (Å²) in [7, 11) is -2.67. The molecule has 0 aromatic heterocycles. The van der Waals surface area contributed by atoms with Gasteiger partial charge in [-0.3, -0.25) is 4.79 Å². The lowest BCUT2D eigenvalue weighted by Gasteiger charge is -2.51. The largest absolute Gasteiger partial charge is 0.508 e. The molecule has 0 bridgehead atoms. The molecule has 2 aliphatic heterocycles. The van der Waals surface area contributed by atoms with Gasteiger partial charge in [0.05, 0.1) is 24.3 Å². The molecule has 8 heteroatoms. The molecule has 0 saturated heterocycles. The van der Waals surface area contributed by atoms with E-state index in [0.717, 1.165) is 26.6 Å². The molecule has 0 saturated carbocycles. The quantitative estimate of drug-likeness (QED) is 0.262. The lowest BCUT2D eigenvalue weighted by molar-refractivity contribution is -0.124. The minimum absolute atomic E-state index is 0.0521. The topological polar surface area (TPSA) is 93.1 Å². The second kappa shape index (κ2) is 10.1. The van der Waals surface area contributed by atoms with E-state index in [2.05, 4.69) is 0 Å². The van der Waals surface area contributed by atoms with Crippen molar-refractivity contribution in [3.8, 4) is 11.5 Å². The van der Waals surface area contributed by atoms with Crippen LogP contribution in [0.1, 0.15) is 36.1 Å². The number of aryl methyl sites for hydroxylation is 1. The molecule has 2 heterocycles. The summed E-state index contributed by atoms with van der Waals surface area (Å²) < 4.78 is 41.6. The number of aromatic hydroxyl groups is 1. The first-order valence-electron chi connectivity index (χ1n) is 14.8. The lowest BCUT2D eigenvalue weighted by atomic mass is 9.49. The number of benzene rings is 4. The van der Waals surface area contributed by atoms with Crippen molar-refractivity contribution in [2.75, 3.05) is 18.0 Å². The van der Waals surface area contributed by atoms with E-state index < -0.39 is 26.8 Å². The molecule has 1 amide bonds. The number of amides is 1. The van der Waals surface area contributed by atoms with Crippen LogP contribution in [0.4, 0.5) is 5.69 Å². The maximum absolute atomic E-state index is 15.3. The molecule has 1 N–H and O–H groups in total. The third-order valence-corrected chi connectivity index (χ3v) is 11.4. The molecule has 4 aromatic carbocycles. The highest BCUT2D eigenvalue weighted by atomic mass is 32.2. The van der Waals surface area contributed by atoms with Gasteiger partial charge < -0.3 is 14.6 Å². The van der Waals surface area contributed by atoms with E-state index in [1.165, 1.54) is 0 Å². The van der Waals surface area contributed by atoms with E-state index >= 15 is 4.79 Å². The smallest absolute Gasteiger partial charge is 0.270 e. The molecule has 4 aromatic rings. The summed E-state index contributed by atoms with van der Waals surface area (Å²) in [5.74, 6) is 0.725. The molecule has 2 atom stereocenters. The van der Waals surface area contributed by atoms with Gasteiger partial charge in [-0.15, -0.1) is 0 Å². The standard InChI is InChI=1S/C37H33NO6S/c1-23-9-19-28(20-10-23)45(41,42)38-33-8-6-5-7-30(33)37(35(38)40)31(24-13-17-27(43-4)18-14-24)21-29-32(36(37,2)3)22-44-34(29)25-11-15-26(39)16-12-25/h5-21,32,39H,22H2,1-4H3/t32-,37-/m0/s1. The zero-order valence-corrected chi connectivity index (χ0v) is 26.3. The van der Waals surface area contributed by atoms with Crippen LogP contribution in [-0.2, 0) is 25.0 Å². The van der Waals surface area contributed by atoms with Gasteiger partial charge >= 0.3 is 0 Å². The molecule has 0 fully saturated rings. The molecule has 1 spiro atoms. The number of rotatable bonds is 5. The first-order valence-corrected chi connectivity index (χ1v) is 16.2. The van der Waals surface area contributed by atoms with Crippen molar-refractivity contribution in [2.45, 2.75) is 31.1 Å². The second-order valence-corrected chi connectivity index (χ2v) is 14.1. The lowest BCUT2D eigenvalue weighted by Crippen LogP contribution is -2.57. The van der Waals surface area contributed by atoms with Crippen LogP contribution in [0, 0.1) is 18.3 Å². The van der Waals surface area contributed by atoms with Crippen LogP contribution in [0.25, 0.3) is 11.3 Å². The van der Waals surface area contributed by atoms with Crippen LogP contribution < -0.4 is 9.04 Å². The Morgan fingerprint density at radius 2 is 1.53 bits per heavy atom. The number of carbonyl (C=O) groups is 1. The van der Waals surface area contributed by atoms with Gasteiger partial charge in [-0.25, -0.2) is 12.7 Å². The van der Waals surface area contributed by atoms with Crippen LogP contribution in [0.3, 0.4) is 0 Å². The van der Waals surface area contributed by atoms with Crippen molar-refractivity contribution in [3.05, 3.63) is 131 Å². The number of phenols is 1. The number of methoxy groups -OCH3 is 1. The van der Waals surface area contributed by atoms with Gasteiger partial charge in [0.15, 0.2) is 0 Å². The molecular formula is C37H33NO6S. The zero-order valence-electron chi connectivity index (χ0n) is 25.4. The van der Waals surface area contributed by atoms with E-state index in [1.54, 1.807) is 55.6 Å². The van der Waals surface area contributed by atoms with Crippen molar-refractivity contribution in [2.24, 2.45) is 11.3 Å². The normalized spacial score (nSPS) is 21.8. The number of fused-ring (bicyclic) bond motifs is 3. The van der Waals surface area contributed by atoms with Crippen LogP contribution in [-0.4, -0.2) is 33.1 Å². The maximum Gasteiger partial charge on any atom is 0.270 e. The predicted molar refractivity (Wildman–Crippen MR) is 173 cm³/mol. The molecule has 7 nitrogen and oxygen atoms in total. The second-order valence-electron chi connectivity index (χ2n) is 12.4. The number of ether oxygens (including phenoxy) is 2. The van der Waals surface area contributed by atoms with E-state index in [9.17, 15) is 13.5 Å². The average Bonchev–Trinajstić information content (AvgIpc) is 3.58. The number of carbonyl (C=O) groups excluding carboxylic acids is 1. The van der Waals surface area contributed by atoms with E-state index in [-0.39, 0.29) is 16.6 Å². The van der Waals surface area contributed by atoms with Crippen molar-refractivity contribution < 1.29 is 27.8 Å². The first-order chi connectivity index (χ1) is 21.5.